The zero-order chi connectivity index (χ0) is 26.1. The Balaban J connectivity index is 1.42. The molecular formula is C28H35N3O5. The molecule has 192 valence electrons. The maximum absolute atomic E-state index is 13.2. The first-order valence-corrected chi connectivity index (χ1v) is 12.3. The summed E-state index contributed by atoms with van der Waals surface area (Å²) in [5.74, 6) is -0.302. The lowest BCUT2D eigenvalue weighted by molar-refractivity contribution is -0.140. The average Bonchev–Trinajstić information content (AvgIpc) is 3.62. The van der Waals surface area contributed by atoms with Crippen LogP contribution in [0, 0.1) is 5.41 Å². The molecule has 2 aliphatic rings. The second kappa shape index (κ2) is 10.0. The van der Waals surface area contributed by atoms with E-state index in [1.165, 1.54) is 7.11 Å². The molecule has 0 aromatic heterocycles. The molecule has 36 heavy (non-hydrogen) atoms. The van der Waals surface area contributed by atoms with Gasteiger partial charge in [0.1, 0.15) is 11.6 Å². The summed E-state index contributed by atoms with van der Waals surface area (Å²) in [6.07, 6.45) is 0.903. The molecule has 2 fully saturated rings. The molecule has 0 radical (unpaired) electrons. The molecule has 3 N–H and O–H groups in total. The maximum atomic E-state index is 13.2. The molecule has 8 nitrogen and oxygen atoms in total. The third kappa shape index (κ3) is 5.60. The van der Waals surface area contributed by atoms with Gasteiger partial charge in [0.2, 0.25) is 0 Å². The Morgan fingerprint density at radius 3 is 2.50 bits per heavy atom. The summed E-state index contributed by atoms with van der Waals surface area (Å²) in [6, 6.07) is 16.6. The quantitative estimate of drug-likeness (QED) is 0.277. The second-order valence-corrected chi connectivity index (χ2v) is 10.4. The number of aliphatic hydroxyl groups is 1. The second-order valence-electron chi connectivity index (χ2n) is 10.4. The van der Waals surface area contributed by atoms with E-state index in [1.54, 1.807) is 18.7 Å². The summed E-state index contributed by atoms with van der Waals surface area (Å²) in [5, 5.41) is 22.0. The smallest absolute Gasteiger partial charge is 0.411 e. The fraction of sp³-hybridized carbons (Fsp3) is 0.464. The predicted molar refractivity (Wildman–Crippen MR) is 136 cm³/mol. The topological polar surface area (TPSA) is 122 Å². The Hall–Kier alpha value is -3.23. The van der Waals surface area contributed by atoms with Crippen LogP contribution in [-0.4, -0.2) is 59.1 Å². The minimum absolute atomic E-state index is 0.0690. The lowest BCUT2D eigenvalue weighted by Crippen LogP contribution is -2.51. The molecule has 2 aromatic rings. The Bertz CT molecular complexity index is 1110. The Kier molecular flexibility index (Phi) is 7.20. The minimum atomic E-state index is -1.00. The van der Waals surface area contributed by atoms with Crippen molar-refractivity contribution in [2.45, 2.75) is 69.4 Å². The average molecular weight is 494 g/mol. The summed E-state index contributed by atoms with van der Waals surface area (Å²) in [5.41, 5.74) is 1.15. The predicted octanol–water partition coefficient (Wildman–Crippen LogP) is 3.92. The zero-order valence-electron chi connectivity index (χ0n) is 21.3. The van der Waals surface area contributed by atoms with Gasteiger partial charge in [0.25, 0.3) is 0 Å². The number of carbonyl (C=O) groups excluding carboxylic acids is 2. The van der Waals surface area contributed by atoms with E-state index in [0.29, 0.717) is 31.5 Å². The minimum Gasteiger partial charge on any atom is -0.468 e. The van der Waals surface area contributed by atoms with Crippen molar-refractivity contribution in [3.05, 3.63) is 71.3 Å². The molecule has 8 heteroatoms. The summed E-state index contributed by atoms with van der Waals surface area (Å²) in [4.78, 5) is 26.5. The molecule has 2 heterocycles. The van der Waals surface area contributed by atoms with Gasteiger partial charge in [-0.25, -0.2) is 4.79 Å². The van der Waals surface area contributed by atoms with Crippen LogP contribution >= 0.6 is 0 Å². The summed E-state index contributed by atoms with van der Waals surface area (Å²) in [6.45, 7) is 5.91. The lowest BCUT2D eigenvalue weighted by Gasteiger charge is -2.45. The molecule has 0 aliphatic carbocycles. The lowest BCUT2D eigenvalue weighted by atomic mass is 9.80. The summed E-state index contributed by atoms with van der Waals surface area (Å²) < 4.78 is 10.8. The molecular weight excluding hydrogens is 458 g/mol. The van der Waals surface area contributed by atoms with E-state index < -0.39 is 17.3 Å². The summed E-state index contributed by atoms with van der Waals surface area (Å²) in [7, 11) is 1.36. The highest BCUT2D eigenvalue weighted by atomic mass is 16.6. The van der Waals surface area contributed by atoms with Gasteiger partial charge in [-0.3, -0.25) is 10.1 Å². The van der Waals surface area contributed by atoms with Crippen molar-refractivity contribution >= 4 is 17.8 Å². The van der Waals surface area contributed by atoms with Gasteiger partial charge in [-0.2, -0.15) is 0 Å². The Labute approximate surface area is 212 Å². The number of carbonyl (C=O) groups is 2. The number of ether oxygens (including phenoxy) is 2. The van der Waals surface area contributed by atoms with Crippen molar-refractivity contribution in [1.29, 1.82) is 5.41 Å². The van der Waals surface area contributed by atoms with Gasteiger partial charge in [0, 0.05) is 37.6 Å². The van der Waals surface area contributed by atoms with Crippen molar-refractivity contribution in [2.75, 3.05) is 13.7 Å². The number of benzene rings is 2. The highest BCUT2D eigenvalue weighted by Gasteiger charge is 2.46. The number of cyclic esters (lactones) is 1. The van der Waals surface area contributed by atoms with Gasteiger partial charge >= 0.3 is 12.1 Å². The number of nitrogens with zero attached hydrogens (tertiary/aromatic N) is 1. The van der Waals surface area contributed by atoms with Crippen molar-refractivity contribution in [3.63, 3.8) is 0 Å². The van der Waals surface area contributed by atoms with Crippen molar-refractivity contribution in [3.8, 4) is 0 Å². The zero-order valence-corrected chi connectivity index (χ0v) is 21.3. The number of nitrogens with one attached hydrogen (secondary N) is 2. The first kappa shape index (κ1) is 25.9. The maximum Gasteiger partial charge on any atom is 0.411 e. The number of esters is 1. The molecule has 4 atom stereocenters. The van der Waals surface area contributed by atoms with Gasteiger partial charge in [-0.1, -0.05) is 54.6 Å². The SMILES string of the molecule is COC(=O)C1NC1CC(=N)c1ccc([C@H](C)N2CC[C@](CC(C)(C)O)(c3ccccc3)OC2=O)cc1. The Morgan fingerprint density at radius 2 is 1.92 bits per heavy atom. The van der Waals surface area contributed by atoms with Crippen LogP contribution in [0.15, 0.2) is 54.6 Å². The molecule has 1 amide bonds. The van der Waals surface area contributed by atoms with Crippen molar-refractivity contribution in [1.82, 2.24) is 10.2 Å². The van der Waals surface area contributed by atoms with Gasteiger partial charge in [0.05, 0.1) is 18.8 Å². The van der Waals surface area contributed by atoms with E-state index >= 15 is 0 Å². The van der Waals surface area contributed by atoms with Crippen LogP contribution in [0.25, 0.3) is 0 Å². The van der Waals surface area contributed by atoms with Crippen molar-refractivity contribution < 1.29 is 24.2 Å². The van der Waals surface area contributed by atoms with Gasteiger partial charge in [-0.15, -0.1) is 0 Å². The van der Waals surface area contributed by atoms with Crippen LogP contribution in [0.5, 0.6) is 0 Å². The van der Waals surface area contributed by atoms with Gasteiger partial charge in [-0.05, 0) is 37.5 Å². The fourth-order valence-corrected chi connectivity index (χ4v) is 5.08. The number of hydrogen-bond donors (Lipinski definition) is 3. The monoisotopic (exact) mass is 493 g/mol. The largest absolute Gasteiger partial charge is 0.468 e. The normalized spacial score (nSPS) is 24.6. The van der Waals surface area contributed by atoms with E-state index in [9.17, 15) is 14.7 Å². The molecule has 0 bridgehead atoms. The molecule has 2 aliphatic heterocycles. The number of rotatable bonds is 9. The molecule has 2 saturated heterocycles. The standard InChI is InChI=1S/C28H35N3O5/c1-18(19-10-12-20(13-11-19)22(29)16-23-24(30-23)25(32)35-4)31-15-14-28(36-26(31)33,17-27(2,3)34)21-8-6-5-7-9-21/h5-13,18,23-24,29-30,34H,14-17H2,1-4H3/t18-,23?,24?,28-/m0/s1. The molecule has 2 unspecified atom stereocenters. The fourth-order valence-electron chi connectivity index (χ4n) is 5.08. The molecule has 2 aromatic carbocycles. The highest BCUT2D eigenvalue weighted by Crippen LogP contribution is 2.42. The third-order valence-electron chi connectivity index (χ3n) is 7.07. The number of amides is 1. The van der Waals surface area contributed by atoms with Crippen LogP contribution in [0.4, 0.5) is 4.79 Å². The third-order valence-corrected chi connectivity index (χ3v) is 7.07. The first-order valence-electron chi connectivity index (χ1n) is 12.3. The van der Waals surface area contributed by atoms with Crippen LogP contribution < -0.4 is 5.32 Å². The van der Waals surface area contributed by atoms with Crippen molar-refractivity contribution in [2.24, 2.45) is 0 Å². The number of methoxy groups -OCH3 is 1. The van der Waals surface area contributed by atoms with E-state index in [1.807, 2.05) is 61.5 Å². The number of hydrogen-bond acceptors (Lipinski definition) is 7. The molecule has 4 rings (SSSR count). The van der Waals surface area contributed by atoms with E-state index in [-0.39, 0.29) is 24.1 Å². The van der Waals surface area contributed by atoms with E-state index in [4.69, 9.17) is 14.9 Å². The summed E-state index contributed by atoms with van der Waals surface area (Å²) >= 11 is 0. The van der Waals surface area contributed by atoms with Gasteiger partial charge < -0.3 is 24.9 Å². The van der Waals surface area contributed by atoms with Crippen LogP contribution in [-0.2, 0) is 19.9 Å². The highest BCUT2D eigenvalue weighted by molar-refractivity contribution is 5.99. The van der Waals surface area contributed by atoms with E-state index in [2.05, 4.69) is 5.32 Å². The molecule has 0 saturated carbocycles. The van der Waals surface area contributed by atoms with Crippen LogP contribution in [0.3, 0.4) is 0 Å². The first-order chi connectivity index (χ1) is 17.0. The van der Waals surface area contributed by atoms with Crippen LogP contribution in [0.1, 0.15) is 62.8 Å². The van der Waals surface area contributed by atoms with E-state index in [0.717, 1.165) is 16.7 Å². The van der Waals surface area contributed by atoms with Crippen LogP contribution in [0.2, 0.25) is 0 Å². The van der Waals surface area contributed by atoms with Gasteiger partial charge in [0.15, 0.2) is 0 Å². The Morgan fingerprint density at radius 1 is 1.25 bits per heavy atom. The molecule has 0 spiro atoms.